The number of sulfonamides is 1. The van der Waals surface area contributed by atoms with Gasteiger partial charge in [0.05, 0.1) is 16.6 Å². The lowest BCUT2D eigenvalue weighted by Crippen LogP contribution is -2.37. The van der Waals surface area contributed by atoms with Gasteiger partial charge in [-0.25, -0.2) is 0 Å². The Hall–Kier alpha value is -3.70. The van der Waals surface area contributed by atoms with Crippen molar-refractivity contribution in [2.24, 2.45) is 11.0 Å². The third-order valence-corrected chi connectivity index (χ3v) is 8.16. The predicted octanol–water partition coefficient (Wildman–Crippen LogP) is 6.57. The number of hydrogen-bond donors (Lipinski definition) is 0. The van der Waals surface area contributed by atoms with Gasteiger partial charge in [-0.05, 0) is 48.1 Å². The van der Waals surface area contributed by atoms with Crippen molar-refractivity contribution in [2.45, 2.75) is 30.2 Å². The molecule has 5 rings (SSSR count). The summed E-state index contributed by atoms with van der Waals surface area (Å²) < 4.78 is 28.6. The van der Waals surface area contributed by atoms with Crippen LogP contribution in [0.4, 0.5) is 0 Å². The normalized spacial score (nSPS) is 21.5. The van der Waals surface area contributed by atoms with Crippen molar-refractivity contribution < 1.29 is 8.42 Å². The van der Waals surface area contributed by atoms with E-state index >= 15 is 0 Å². The summed E-state index contributed by atoms with van der Waals surface area (Å²) in [6.45, 7) is 0. The summed E-state index contributed by atoms with van der Waals surface area (Å²) in [5.74, 6) is 0.0265. The van der Waals surface area contributed by atoms with Crippen molar-refractivity contribution in [3.05, 3.63) is 126 Å². The Kier molecular flexibility index (Phi) is 6.77. The van der Waals surface area contributed by atoms with Gasteiger partial charge in [0.25, 0.3) is 10.0 Å². The number of benzene rings is 3. The van der Waals surface area contributed by atoms with Gasteiger partial charge in [-0.1, -0.05) is 109 Å². The summed E-state index contributed by atoms with van der Waals surface area (Å²) in [6, 6.07) is 28.3. The number of hydrogen-bond acceptors (Lipinski definition) is 3. The molecular weight excluding hydrogens is 452 g/mol. The second-order valence-electron chi connectivity index (χ2n) is 8.80. The quantitative estimate of drug-likeness (QED) is 0.401. The Morgan fingerprint density at radius 3 is 2.06 bits per heavy atom. The molecule has 2 aliphatic rings. The van der Waals surface area contributed by atoms with E-state index in [2.05, 4.69) is 24.3 Å². The van der Waals surface area contributed by atoms with Crippen molar-refractivity contribution >= 4 is 27.9 Å². The molecule has 0 N–H and O–H groups in total. The van der Waals surface area contributed by atoms with E-state index in [4.69, 9.17) is 5.10 Å². The highest BCUT2D eigenvalue weighted by atomic mass is 32.2. The van der Waals surface area contributed by atoms with Crippen molar-refractivity contribution in [3.8, 4) is 0 Å². The third kappa shape index (κ3) is 5.05. The fourth-order valence-corrected chi connectivity index (χ4v) is 6.17. The number of fused-ring (bicyclic) bond motifs is 1. The number of nitrogens with zero attached hydrogens (tertiary/aromatic N) is 2. The Balaban J connectivity index is 1.51. The summed E-state index contributed by atoms with van der Waals surface area (Å²) in [6.07, 6.45) is 13.0. The number of hydrazone groups is 1. The van der Waals surface area contributed by atoms with Crippen LogP contribution >= 0.6 is 0 Å². The van der Waals surface area contributed by atoms with Crippen molar-refractivity contribution in [2.75, 3.05) is 0 Å². The van der Waals surface area contributed by atoms with Crippen LogP contribution in [0, 0.1) is 5.92 Å². The second-order valence-corrected chi connectivity index (χ2v) is 10.6. The molecule has 2 atom stereocenters. The highest BCUT2D eigenvalue weighted by molar-refractivity contribution is 7.89. The zero-order chi connectivity index (χ0) is 24.1. The maximum absolute atomic E-state index is 13.7. The lowest BCUT2D eigenvalue weighted by atomic mass is 9.80. The fourth-order valence-electron chi connectivity index (χ4n) is 4.72. The van der Waals surface area contributed by atoms with E-state index in [1.807, 2.05) is 72.8 Å². The summed E-state index contributed by atoms with van der Waals surface area (Å²) in [4.78, 5) is 0.260. The molecule has 35 heavy (non-hydrogen) atoms. The zero-order valence-corrected chi connectivity index (χ0v) is 20.3. The number of allylic oxidation sites excluding steroid dienone is 3. The van der Waals surface area contributed by atoms with Gasteiger partial charge >= 0.3 is 0 Å². The summed E-state index contributed by atoms with van der Waals surface area (Å²) in [7, 11) is -3.79. The Morgan fingerprint density at radius 1 is 0.800 bits per heavy atom. The van der Waals surface area contributed by atoms with E-state index in [-0.39, 0.29) is 16.9 Å². The van der Waals surface area contributed by atoms with Crippen LogP contribution < -0.4 is 0 Å². The van der Waals surface area contributed by atoms with Crippen LogP contribution in [0.1, 0.15) is 30.4 Å². The molecule has 4 nitrogen and oxygen atoms in total. The molecule has 1 fully saturated rings. The maximum Gasteiger partial charge on any atom is 0.279 e. The number of rotatable bonds is 6. The molecule has 2 unspecified atom stereocenters. The van der Waals surface area contributed by atoms with Gasteiger partial charge in [0.2, 0.25) is 0 Å². The molecule has 0 bridgehead atoms. The van der Waals surface area contributed by atoms with E-state index in [1.54, 1.807) is 24.3 Å². The molecule has 1 saturated carbocycles. The Morgan fingerprint density at radius 2 is 1.40 bits per heavy atom. The molecule has 1 aliphatic carbocycles. The van der Waals surface area contributed by atoms with Crippen LogP contribution in [0.5, 0.6) is 0 Å². The molecule has 5 heteroatoms. The molecule has 1 aliphatic heterocycles. The SMILES string of the molecule is O=S(=O)(c1ccccc1)N1N=C2/C(=C/C=C/c3ccccc3)CCCC2C1/C=C/c1ccccc1. The summed E-state index contributed by atoms with van der Waals surface area (Å²) in [5.41, 5.74) is 4.16. The van der Waals surface area contributed by atoms with E-state index in [9.17, 15) is 8.42 Å². The minimum Gasteiger partial charge on any atom is -0.200 e. The lowest BCUT2D eigenvalue weighted by molar-refractivity contribution is 0.354. The van der Waals surface area contributed by atoms with Crippen LogP contribution in [0.25, 0.3) is 12.2 Å². The molecule has 1 heterocycles. The maximum atomic E-state index is 13.7. The lowest BCUT2D eigenvalue weighted by Gasteiger charge is -2.27. The molecule has 0 saturated heterocycles. The minimum atomic E-state index is -3.79. The van der Waals surface area contributed by atoms with Crippen LogP contribution in [-0.4, -0.2) is 24.6 Å². The summed E-state index contributed by atoms with van der Waals surface area (Å²) in [5, 5.41) is 4.77. The van der Waals surface area contributed by atoms with Crippen molar-refractivity contribution in [1.29, 1.82) is 0 Å². The van der Waals surface area contributed by atoms with Gasteiger partial charge in [-0.2, -0.15) is 17.9 Å². The van der Waals surface area contributed by atoms with Gasteiger partial charge in [-0.3, -0.25) is 0 Å². The van der Waals surface area contributed by atoms with Gasteiger partial charge in [0.15, 0.2) is 0 Å². The average Bonchev–Trinajstić information content (AvgIpc) is 3.29. The second kappa shape index (κ2) is 10.3. The van der Waals surface area contributed by atoms with E-state index in [0.29, 0.717) is 0 Å². The van der Waals surface area contributed by atoms with Crippen LogP contribution in [0.3, 0.4) is 0 Å². The van der Waals surface area contributed by atoms with Crippen LogP contribution in [0.15, 0.2) is 125 Å². The van der Waals surface area contributed by atoms with Gasteiger partial charge < -0.3 is 0 Å². The summed E-state index contributed by atoms with van der Waals surface area (Å²) >= 11 is 0. The average molecular weight is 481 g/mol. The Bertz CT molecular complexity index is 1380. The van der Waals surface area contributed by atoms with Crippen molar-refractivity contribution in [3.63, 3.8) is 0 Å². The van der Waals surface area contributed by atoms with Gasteiger partial charge in [0.1, 0.15) is 0 Å². The largest absolute Gasteiger partial charge is 0.279 e. The first-order chi connectivity index (χ1) is 17.1. The van der Waals surface area contributed by atoms with Crippen LogP contribution in [0.2, 0.25) is 0 Å². The van der Waals surface area contributed by atoms with Crippen LogP contribution in [-0.2, 0) is 10.0 Å². The fraction of sp³-hybridized carbons (Fsp3) is 0.167. The molecule has 0 aromatic heterocycles. The molecular formula is C30H28N2O2S. The minimum absolute atomic E-state index is 0.0265. The first-order valence-electron chi connectivity index (χ1n) is 12.0. The molecule has 0 amide bonds. The Labute approximate surface area is 207 Å². The molecule has 0 spiro atoms. The highest BCUT2D eigenvalue weighted by Crippen LogP contribution is 2.39. The topological polar surface area (TPSA) is 49.7 Å². The zero-order valence-electron chi connectivity index (χ0n) is 19.4. The molecule has 3 aromatic carbocycles. The molecule has 176 valence electrons. The first kappa shape index (κ1) is 23.1. The molecule has 0 radical (unpaired) electrons. The molecule has 3 aromatic rings. The van der Waals surface area contributed by atoms with Crippen molar-refractivity contribution in [1.82, 2.24) is 4.41 Å². The highest BCUT2D eigenvalue weighted by Gasteiger charge is 2.44. The first-order valence-corrected chi connectivity index (χ1v) is 13.4. The van der Waals surface area contributed by atoms with E-state index in [1.165, 1.54) is 4.41 Å². The smallest absolute Gasteiger partial charge is 0.200 e. The monoisotopic (exact) mass is 480 g/mol. The third-order valence-electron chi connectivity index (χ3n) is 6.47. The van der Waals surface area contributed by atoms with E-state index < -0.39 is 10.0 Å². The van der Waals surface area contributed by atoms with Gasteiger partial charge in [-0.15, -0.1) is 0 Å². The standard InChI is InChI=1S/C30H28N2O2S/c33-35(34,27-19-8-3-9-20-27)32-29(23-22-25-14-6-2-7-15-25)28-21-11-18-26(30(28)31-32)17-10-16-24-12-4-1-5-13-24/h1-10,12-17,19-20,22-23,28-29H,11,18,21H2/b16-10+,23-22+,26-17+. The predicted molar refractivity (Wildman–Crippen MR) is 143 cm³/mol. The van der Waals surface area contributed by atoms with Gasteiger partial charge in [0, 0.05) is 5.92 Å². The van der Waals surface area contributed by atoms with E-state index in [0.717, 1.165) is 41.7 Å².